The molecule has 0 radical (unpaired) electrons. The van der Waals surface area contributed by atoms with Crippen molar-refractivity contribution in [2.24, 2.45) is 11.8 Å². The zero-order valence-corrected chi connectivity index (χ0v) is 27.5. The van der Waals surface area contributed by atoms with Gasteiger partial charge in [-0.15, -0.1) is 0 Å². The zero-order chi connectivity index (χ0) is 36.2. The van der Waals surface area contributed by atoms with E-state index in [2.05, 4.69) is 0 Å². The van der Waals surface area contributed by atoms with Gasteiger partial charge in [-0.3, -0.25) is 24.4 Å². The first-order valence-electron chi connectivity index (χ1n) is 15.4. The van der Waals surface area contributed by atoms with Crippen LogP contribution in [0.2, 0.25) is 0 Å². The molecule has 0 fully saturated rings. The molecule has 2 aliphatic heterocycles. The number of amides is 1. The third-order valence-corrected chi connectivity index (χ3v) is 8.76. The van der Waals surface area contributed by atoms with E-state index in [-0.39, 0.29) is 56.7 Å². The highest BCUT2D eigenvalue weighted by Gasteiger charge is 2.72. The highest BCUT2D eigenvalue weighted by Crippen LogP contribution is 2.58. The highest BCUT2D eigenvalue weighted by atomic mass is 17.0. The molecule has 3 aromatic rings. The molecule has 2 aliphatic rings. The number of carbonyl (C=O) groups is 3. The van der Waals surface area contributed by atoms with Gasteiger partial charge in [-0.1, -0.05) is 44.6 Å². The molecule has 0 saturated carbocycles. The number of aliphatic hydroxyl groups is 1. The monoisotopic (exact) mass is 680 g/mol. The molecule has 260 valence electrons. The van der Waals surface area contributed by atoms with E-state index in [0.29, 0.717) is 6.42 Å². The van der Waals surface area contributed by atoms with Crippen LogP contribution in [-0.4, -0.2) is 59.1 Å². The first kappa shape index (κ1) is 34.8. The van der Waals surface area contributed by atoms with Gasteiger partial charge in [0.2, 0.25) is 5.75 Å². The average molecular weight is 681 g/mol. The second kappa shape index (κ2) is 12.5. The Bertz CT molecular complexity index is 1890. The van der Waals surface area contributed by atoms with Crippen LogP contribution < -0.4 is 19.0 Å². The minimum atomic E-state index is -2.59. The number of quaternary nitrogens is 1. The molecule has 2 heterocycles. The van der Waals surface area contributed by atoms with Gasteiger partial charge in [0, 0.05) is 19.8 Å². The third kappa shape index (κ3) is 5.31. The fraction of sp³-hybridized carbons (Fsp3) is 0.324. The quantitative estimate of drug-likeness (QED) is 0.0480. The third-order valence-electron chi connectivity index (χ3n) is 8.76. The number of nitrogens with zero attached hydrogens (tertiary/aromatic N) is 2. The molecule has 0 bridgehead atoms. The molecule has 49 heavy (non-hydrogen) atoms. The van der Waals surface area contributed by atoms with E-state index in [1.807, 2.05) is 0 Å². The number of ether oxygens (including phenoxy) is 3. The van der Waals surface area contributed by atoms with E-state index >= 15 is 0 Å². The van der Waals surface area contributed by atoms with Gasteiger partial charge >= 0.3 is 29.5 Å². The van der Waals surface area contributed by atoms with Crippen molar-refractivity contribution in [2.45, 2.75) is 60.1 Å². The van der Waals surface area contributed by atoms with Gasteiger partial charge in [0.1, 0.15) is 5.75 Å². The molecule has 4 atom stereocenters. The Morgan fingerprint density at radius 1 is 0.878 bits per heavy atom. The summed E-state index contributed by atoms with van der Waals surface area (Å²) in [6, 6.07) is 9.02. The molecule has 15 nitrogen and oxygen atoms in total. The largest absolute Gasteiger partial charge is 0.578 e. The fourth-order valence-corrected chi connectivity index (χ4v) is 5.96. The first-order valence-corrected chi connectivity index (χ1v) is 15.4. The number of carbonyl (C=O) groups excluding carboxylic acids is 3. The van der Waals surface area contributed by atoms with Gasteiger partial charge in [0.25, 0.3) is 0 Å². The summed E-state index contributed by atoms with van der Waals surface area (Å²) < 4.78 is 17.1. The Labute approximate surface area is 280 Å². The van der Waals surface area contributed by atoms with Gasteiger partial charge in [-0.25, -0.2) is 0 Å². The number of hydroxylamine groups is 6. The van der Waals surface area contributed by atoms with Crippen LogP contribution in [0.4, 0.5) is 0 Å². The Hall–Kier alpha value is -5.51. The number of aliphatic hydroxyl groups excluding tert-OH is 1. The number of phenolic OH excluding ortho intramolecular Hbond substituents is 3. The van der Waals surface area contributed by atoms with E-state index in [1.165, 1.54) is 49.4 Å². The highest BCUT2D eigenvalue weighted by molar-refractivity contribution is 5.96. The van der Waals surface area contributed by atoms with Crippen LogP contribution in [0.25, 0.3) is 22.3 Å². The Morgan fingerprint density at radius 2 is 1.41 bits per heavy atom. The number of aromatic hydroxyl groups is 3. The van der Waals surface area contributed by atoms with Crippen LogP contribution in [0.3, 0.4) is 0 Å². The number of fused-ring (bicyclic) bond motifs is 2. The van der Waals surface area contributed by atoms with Crippen molar-refractivity contribution in [1.82, 2.24) is 5.06 Å². The summed E-state index contributed by atoms with van der Waals surface area (Å²) in [5, 5.41) is 69.7. The van der Waals surface area contributed by atoms with Crippen molar-refractivity contribution in [1.29, 1.82) is 0 Å². The standard InChI is InChI=1S/C34H36N2O13/c1-7-16(3)27-32(42)36(45)34(17(4)8-2,33(43)35(27)44)48-24-15-21(11-14-23(24)49-36)26-29(41)28(40)25(20-9-12-22(39)13-10-20)30(46-18(5)37)31(26)47-19(6)38/h9-17,39-42,44H,7-8H2,1-6H3/t16-,17-,34+,36?/m0/s1. The number of rotatable bonds is 8. The van der Waals surface area contributed by atoms with E-state index in [9.17, 15) is 45.2 Å². The predicted octanol–water partition coefficient (Wildman–Crippen LogP) is 5.74. The minimum Gasteiger partial charge on any atom is -0.578 e. The number of benzene rings is 3. The maximum atomic E-state index is 14.6. The number of allylic oxidation sites excluding steroid dienone is 1. The van der Waals surface area contributed by atoms with Crippen LogP contribution >= 0.6 is 0 Å². The van der Waals surface area contributed by atoms with Crippen molar-refractivity contribution in [3.63, 3.8) is 0 Å². The molecule has 0 spiro atoms. The Morgan fingerprint density at radius 3 is 1.92 bits per heavy atom. The Balaban J connectivity index is 1.78. The van der Waals surface area contributed by atoms with Gasteiger partial charge < -0.3 is 39.8 Å². The van der Waals surface area contributed by atoms with Crippen molar-refractivity contribution in [3.05, 3.63) is 59.3 Å². The number of hydrogen-bond acceptors (Lipinski definition) is 13. The second-order valence-corrected chi connectivity index (χ2v) is 11.9. The topological polar surface area (TPSA) is 216 Å². The molecule has 5 rings (SSSR count). The van der Waals surface area contributed by atoms with Crippen molar-refractivity contribution in [3.8, 4) is 62.5 Å². The van der Waals surface area contributed by atoms with Crippen molar-refractivity contribution in [2.75, 3.05) is 0 Å². The summed E-state index contributed by atoms with van der Waals surface area (Å²) in [4.78, 5) is 42.3. The lowest BCUT2D eigenvalue weighted by Crippen LogP contribution is -2.78. The zero-order valence-electron chi connectivity index (χ0n) is 27.5. The Kier molecular flexibility index (Phi) is 8.88. The summed E-state index contributed by atoms with van der Waals surface area (Å²) in [7, 11) is 0. The van der Waals surface area contributed by atoms with E-state index in [0.717, 1.165) is 13.8 Å². The summed E-state index contributed by atoms with van der Waals surface area (Å²) in [6.07, 6.45) is 0.505. The van der Waals surface area contributed by atoms with Crippen LogP contribution in [0, 0.1) is 17.0 Å². The molecule has 1 amide bonds. The molecule has 0 saturated heterocycles. The summed E-state index contributed by atoms with van der Waals surface area (Å²) >= 11 is 0. The average Bonchev–Trinajstić information content (AvgIpc) is 3.05. The maximum absolute atomic E-state index is 14.6. The molecular weight excluding hydrogens is 644 g/mol. The summed E-state index contributed by atoms with van der Waals surface area (Å²) in [5.74, 6) is -8.74. The smallest absolute Gasteiger partial charge is 0.374 e. The van der Waals surface area contributed by atoms with E-state index < -0.39 is 69.1 Å². The second-order valence-electron chi connectivity index (χ2n) is 11.9. The molecule has 5 N–H and O–H groups in total. The van der Waals surface area contributed by atoms with Crippen molar-refractivity contribution < 1.29 is 63.9 Å². The van der Waals surface area contributed by atoms with Gasteiger partial charge in [0.15, 0.2) is 34.4 Å². The molecular formula is C34H36N2O13. The maximum Gasteiger partial charge on any atom is 0.374 e. The number of phenols is 3. The summed E-state index contributed by atoms with van der Waals surface area (Å²) in [5.41, 5.74) is -3.41. The van der Waals surface area contributed by atoms with Crippen LogP contribution in [0.5, 0.6) is 40.2 Å². The molecule has 15 heteroatoms. The van der Waals surface area contributed by atoms with E-state index in [4.69, 9.17) is 19.0 Å². The van der Waals surface area contributed by atoms with Crippen LogP contribution in [0.1, 0.15) is 54.4 Å². The summed E-state index contributed by atoms with van der Waals surface area (Å²) in [6.45, 7) is 8.63. The number of esters is 2. The molecule has 0 aliphatic carbocycles. The van der Waals surface area contributed by atoms with Crippen LogP contribution in [0.15, 0.2) is 54.0 Å². The van der Waals surface area contributed by atoms with Crippen LogP contribution in [-0.2, 0) is 14.4 Å². The lowest BCUT2D eigenvalue weighted by atomic mass is 9.89. The molecule has 3 aromatic carbocycles. The van der Waals surface area contributed by atoms with Gasteiger partial charge in [0.05, 0.1) is 17.0 Å². The predicted molar refractivity (Wildman–Crippen MR) is 170 cm³/mol. The lowest BCUT2D eigenvalue weighted by Gasteiger charge is -2.56. The van der Waals surface area contributed by atoms with Crippen molar-refractivity contribution >= 4 is 17.8 Å². The normalized spacial score (nSPS) is 21.1. The number of hydrogen-bond donors (Lipinski definition) is 5. The first-order chi connectivity index (χ1) is 23.0. The van der Waals surface area contributed by atoms with E-state index in [1.54, 1.807) is 20.8 Å². The fourth-order valence-electron chi connectivity index (χ4n) is 5.96. The minimum absolute atomic E-state index is 0.0357. The lowest BCUT2D eigenvalue weighted by molar-refractivity contribution is -1.08. The SMILES string of the molecule is CC[C@H](C)C1=C(O)[N+]2([O-])Oc3ccc(-c4c(O)c(O)c(-c5ccc(O)cc5)c(OC(C)=O)c4OC(C)=O)cc3O[C@]2([C@@H](C)CC)C(=O)N1O. The molecule has 0 aromatic heterocycles. The molecule has 1 unspecified atom stereocenters. The van der Waals surface area contributed by atoms with Gasteiger partial charge in [-0.05, 0) is 54.3 Å². The van der Waals surface area contributed by atoms with Gasteiger partial charge in [-0.2, -0.15) is 5.06 Å².